The fourth-order valence-corrected chi connectivity index (χ4v) is 3.96. The molecule has 0 radical (unpaired) electrons. The van der Waals surface area contributed by atoms with Crippen LogP contribution in [0.5, 0.6) is 11.5 Å². The van der Waals surface area contributed by atoms with Crippen molar-refractivity contribution >= 4 is 29.9 Å². The molecule has 1 aliphatic heterocycles. The van der Waals surface area contributed by atoms with E-state index in [0.717, 1.165) is 37.1 Å². The average molecular weight is 518 g/mol. The van der Waals surface area contributed by atoms with Crippen LogP contribution in [0.3, 0.4) is 0 Å². The van der Waals surface area contributed by atoms with Gasteiger partial charge in [0, 0.05) is 38.6 Å². The maximum Gasteiger partial charge on any atom is 0.193 e. The van der Waals surface area contributed by atoms with Gasteiger partial charge in [-0.05, 0) is 43.6 Å². The van der Waals surface area contributed by atoms with Gasteiger partial charge in [0.1, 0.15) is 0 Å². The molecule has 1 N–H and O–H groups in total. The maximum absolute atomic E-state index is 5.47. The Bertz CT molecular complexity index is 666. The molecule has 1 saturated heterocycles. The predicted octanol–water partition coefficient (Wildman–Crippen LogP) is 3.59. The molecular formula is C22H39IN4O2. The van der Waals surface area contributed by atoms with E-state index in [1.54, 1.807) is 14.2 Å². The number of hydrogen-bond acceptors (Lipinski definition) is 4. The van der Waals surface area contributed by atoms with Crippen LogP contribution >= 0.6 is 24.0 Å². The van der Waals surface area contributed by atoms with Crippen LogP contribution in [0.2, 0.25) is 0 Å². The lowest BCUT2D eigenvalue weighted by Crippen LogP contribution is -2.48. The van der Waals surface area contributed by atoms with Crippen LogP contribution in [0.25, 0.3) is 0 Å². The number of ether oxygens (including phenoxy) is 2. The Balaban J connectivity index is 0.00000420. The van der Waals surface area contributed by atoms with E-state index in [9.17, 15) is 0 Å². The Kier molecular flexibility index (Phi) is 10.5. The molecule has 0 aromatic heterocycles. The van der Waals surface area contributed by atoms with E-state index in [1.165, 1.54) is 24.9 Å². The zero-order chi connectivity index (χ0) is 20.7. The van der Waals surface area contributed by atoms with Crippen molar-refractivity contribution in [1.29, 1.82) is 0 Å². The average Bonchev–Trinajstić information content (AvgIpc) is 3.14. The van der Waals surface area contributed by atoms with Crippen LogP contribution in [-0.4, -0.2) is 76.3 Å². The third-order valence-corrected chi connectivity index (χ3v) is 5.82. The summed E-state index contributed by atoms with van der Waals surface area (Å²) in [6.07, 6.45) is 2.57. The first kappa shape index (κ1) is 25.8. The van der Waals surface area contributed by atoms with Crippen molar-refractivity contribution in [2.75, 3.05) is 54.5 Å². The molecule has 1 heterocycles. The number of hydrogen-bond donors (Lipinski definition) is 1. The summed E-state index contributed by atoms with van der Waals surface area (Å²) < 4.78 is 10.8. The number of aliphatic imine (C=N–C) groups is 1. The molecule has 1 aliphatic rings. The van der Waals surface area contributed by atoms with E-state index in [4.69, 9.17) is 9.47 Å². The standard InChI is InChI=1S/C22H38N4O2.HI/c1-8-26-13-9-10-18(26)15-25(5)21(23-4)24-16-22(2,3)17-11-12-19(27-6)20(14-17)28-7;/h11-12,14,18H,8-10,13,15-16H2,1-7H3,(H,23,24);1H. The Morgan fingerprint density at radius 1 is 1.28 bits per heavy atom. The molecule has 1 atom stereocenters. The molecule has 1 aromatic rings. The topological polar surface area (TPSA) is 49.3 Å². The maximum atomic E-state index is 5.47. The SMILES string of the molecule is CCN1CCCC1CN(C)C(=NC)NCC(C)(C)c1ccc(OC)c(OC)c1.I. The Morgan fingerprint density at radius 3 is 2.55 bits per heavy atom. The van der Waals surface area contributed by atoms with Gasteiger partial charge in [-0.2, -0.15) is 0 Å². The summed E-state index contributed by atoms with van der Waals surface area (Å²) in [5.74, 6) is 2.45. The number of likely N-dealkylation sites (N-methyl/N-ethyl adjacent to an activating group) is 2. The number of rotatable bonds is 8. The summed E-state index contributed by atoms with van der Waals surface area (Å²) in [7, 11) is 7.32. The fourth-order valence-electron chi connectivity index (χ4n) is 3.96. The number of methoxy groups -OCH3 is 2. The van der Waals surface area contributed by atoms with Gasteiger partial charge in [-0.25, -0.2) is 0 Å². The van der Waals surface area contributed by atoms with Gasteiger partial charge in [-0.1, -0.05) is 26.8 Å². The first-order valence-electron chi connectivity index (χ1n) is 10.2. The molecule has 2 rings (SSSR count). The third kappa shape index (κ3) is 6.64. The second kappa shape index (κ2) is 11.8. The second-order valence-electron chi connectivity index (χ2n) is 8.16. The minimum atomic E-state index is -0.0842. The van der Waals surface area contributed by atoms with Crippen molar-refractivity contribution in [1.82, 2.24) is 15.1 Å². The van der Waals surface area contributed by atoms with Crippen molar-refractivity contribution in [3.8, 4) is 11.5 Å². The molecule has 166 valence electrons. The Morgan fingerprint density at radius 2 is 1.97 bits per heavy atom. The fraction of sp³-hybridized carbons (Fsp3) is 0.682. The smallest absolute Gasteiger partial charge is 0.193 e. The van der Waals surface area contributed by atoms with Crippen LogP contribution in [-0.2, 0) is 5.41 Å². The van der Waals surface area contributed by atoms with E-state index < -0.39 is 0 Å². The van der Waals surface area contributed by atoms with E-state index in [1.807, 2.05) is 13.1 Å². The molecule has 1 aromatic carbocycles. The second-order valence-corrected chi connectivity index (χ2v) is 8.16. The zero-order valence-corrected chi connectivity index (χ0v) is 21.4. The largest absolute Gasteiger partial charge is 0.493 e. The Labute approximate surface area is 194 Å². The molecule has 0 spiro atoms. The molecular weight excluding hydrogens is 479 g/mol. The van der Waals surface area contributed by atoms with Crippen LogP contribution < -0.4 is 14.8 Å². The zero-order valence-electron chi connectivity index (χ0n) is 19.1. The van der Waals surface area contributed by atoms with Gasteiger partial charge in [0.25, 0.3) is 0 Å². The molecule has 29 heavy (non-hydrogen) atoms. The quantitative estimate of drug-likeness (QED) is 0.324. The number of benzene rings is 1. The highest BCUT2D eigenvalue weighted by Crippen LogP contribution is 2.32. The number of guanidine groups is 1. The van der Waals surface area contributed by atoms with E-state index >= 15 is 0 Å². The number of nitrogens with zero attached hydrogens (tertiary/aromatic N) is 3. The normalized spacial score (nSPS) is 17.6. The van der Waals surface area contributed by atoms with Crippen LogP contribution in [0, 0.1) is 0 Å². The summed E-state index contributed by atoms with van der Waals surface area (Å²) in [6, 6.07) is 6.75. The minimum absolute atomic E-state index is 0. The number of likely N-dealkylation sites (tertiary alicyclic amines) is 1. The highest BCUT2D eigenvalue weighted by molar-refractivity contribution is 14.0. The summed E-state index contributed by atoms with van der Waals surface area (Å²) in [6.45, 7) is 10.8. The number of halogens is 1. The lowest BCUT2D eigenvalue weighted by atomic mass is 9.84. The highest BCUT2D eigenvalue weighted by Gasteiger charge is 2.26. The third-order valence-electron chi connectivity index (χ3n) is 5.82. The molecule has 1 fully saturated rings. The van der Waals surface area contributed by atoms with Gasteiger partial charge in [0.15, 0.2) is 17.5 Å². The van der Waals surface area contributed by atoms with Crippen molar-refractivity contribution in [2.24, 2.45) is 4.99 Å². The van der Waals surface area contributed by atoms with Crippen molar-refractivity contribution in [3.63, 3.8) is 0 Å². The monoisotopic (exact) mass is 518 g/mol. The van der Waals surface area contributed by atoms with E-state index in [-0.39, 0.29) is 29.4 Å². The van der Waals surface area contributed by atoms with Gasteiger partial charge in [0.2, 0.25) is 0 Å². The highest BCUT2D eigenvalue weighted by atomic mass is 127. The molecule has 0 saturated carbocycles. The molecule has 6 nitrogen and oxygen atoms in total. The summed E-state index contributed by atoms with van der Waals surface area (Å²) in [5, 5.41) is 3.57. The van der Waals surface area contributed by atoms with Crippen molar-refractivity contribution < 1.29 is 9.47 Å². The van der Waals surface area contributed by atoms with Crippen molar-refractivity contribution in [2.45, 2.75) is 45.1 Å². The first-order chi connectivity index (χ1) is 13.4. The number of nitrogens with one attached hydrogen (secondary N) is 1. The molecule has 1 unspecified atom stereocenters. The van der Waals surface area contributed by atoms with E-state index in [0.29, 0.717) is 6.04 Å². The predicted molar refractivity (Wildman–Crippen MR) is 132 cm³/mol. The minimum Gasteiger partial charge on any atom is -0.493 e. The lowest BCUT2D eigenvalue weighted by molar-refractivity contribution is 0.232. The van der Waals surface area contributed by atoms with Gasteiger partial charge >= 0.3 is 0 Å². The van der Waals surface area contributed by atoms with Crippen LogP contribution in [0.1, 0.15) is 39.2 Å². The molecule has 7 heteroatoms. The molecule has 0 bridgehead atoms. The van der Waals surface area contributed by atoms with Gasteiger partial charge in [0.05, 0.1) is 14.2 Å². The van der Waals surface area contributed by atoms with Crippen LogP contribution in [0.15, 0.2) is 23.2 Å². The van der Waals surface area contributed by atoms with Gasteiger partial charge in [-0.3, -0.25) is 9.89 Å². The van der Waals surface area contributed by atoms with Crippen LogP contribution in [0.4, 0.5) is 0 Å². The van der Waals surface area contributed by atoms with E-state index in [2.05, 4.69) is 60.1 Å². The van der Waals surface area contributed by atoms with Gasteiger partial charge in [-0.15, -0.1) is 24.0 Å². The molecule has 0 aliphatic carbocycles. The van der Waals surface area contributed by atoms with Crippen molar-refractivity contribution in [3.05, 3.63) is 23.8 Å². The Hall–Kier alpha value is -1.22. The first-order valence-corrected chi connectivity index (χ1v) is 10.2. The summed E-state index contributed by atoms with van der Waals surface area (Å²) in [4.78, 5) is 9.33. The summed E-state index contributed by atoms with van der Waals surface area (Å²) >= 11 is 0. The molecule has 0 amide bonds. The van der Waals surface area contributed by atoms with Gasteiger partial charge < -0.3 is 19.7 Å². The lowest BCUT2D eigenvalue weighted by Gasteiger charge is -2.32. The summed E-state index contributed by atoms with van der Waals surface area (Å²) in [5.41, 5.74) is 1.11.